The lowest BCUT2D eigenvalue weighted by molar-refractivity contribution is 0.0600. The summed E-state index contributed by atoms with van der Waals surface area (Å²) in [6, 6.07) is 11.5. The maximum atomic E-state index is 11.5. The Kier molecular flexibility index (Phi) is 4.49. The summed E-state index contributed by atoms with van der Waals surface area (Å²) in [4.78, 5) is 24.2. The van der Waals surface area contributed by atoms with Crippen LogP contribution in [-0.4, -0.2) is 24.2 Å². The first-order valence-electron chi connectivity index (χ1n) is 6.00. The quantitative estimate of drug-likeness (QED) is 0.667. The fourth-order valence-electron chi connectivity index (χ4n) is 1.69. The highest BCUT2D eigenvalue weighted by molar-refractivity contribution is 7.99. The monoisotopic (exact) mass is 303 g/mol. The minimum Gasteiger partial charge on any atom is -0.478 e. The van der Waals surface area contributed by atoms with Gasteiger partial charge in [0.05, 0.1) is 18.2 Å². The van der Waals surface area contributed by atoms with E-state index in [1.165, 1.54) is 31.0 Å². The molecule has 0 fully saturated rings. The molecule has 5 nitrogen and oxygen atoms in total. The van der Waals surface area contributed by atoms with Gasteiger partial charge in [0.25, 0.3) is 0 Å². The predicted molar refractivity (Wildman–Crippen MR) is 79.7 cm³/mol. The lowest BCUT2D eigenvalue weighted by Crippen LogP contribution is -2.05. The molecule has 0 radical (unpaired) electrons. The van der Waals surface area contributed by atoms with E-state index in [4.69, 9.17) is 5.73 Å². The third kappa shape index (κ3) is 3.55. The SMILES string of the molecule is COC(=O)c1ccc(Sc2ccc(N)cc2)c(C(=O)O)c1. The maximum Gasteiger partial charge on any atom is 0.337 e. The second-order valence-corrected chi connectivity index (χ2v) is 5.29. The van der Waals surface area contributed by atoms with E-state index in [2.05, 4.69) is 4.74 Å². The van der Waals surface area contributed by atoms with E-state index < -0.39 is 11.9 Å². The molecule has 3 N–H and O–H groups in total. The molecular weight excluding hydrogens is 290 g/mol. The number of carboxylic acid groups (broad SMARTS) is 1. The maximum absolute atomic E-state index is 11.5. The number of nitrogen functional groups attached to an aromatic ring is 1. The summed E-state index contributed by atoms with van der Waals surface area (Å²) in [6.45, 7) is 0. The number of carbonyl (C=O) groups is 2. The standard InChI is InChI=1S/C15H13NO4S/c1-20-15(19)9-2-7-13(12(8-9)14(17)18)21-11-5-3-10(16)4-6-11/h2-8H,16H2,1H3,(H,17,18). The Balaban J connectivity index is 2.36. The zero-order valence-electron chi connectivity index (χ0n) is 11.2. The van der Waals surface area contributed by atoms with Gasteiger partial charge in [-0.1, -0.05) is 11.8 Å². The molecule has 0 aliphatic heterocycles. The van der Waals surface area contributed by atoms with Crippen LogP contribution in [0.5, 0.6) is 0 Å². The highest BCUT2D eigenvalue weighted by atomic mass is 32.2. The number of nitrogens with two attached hydrogens (primary N) is 1. The van der Waals surface area contributed by atoms with Gasteiger partial charge < -0.3 is 15.6 Å². The van der Waals surface area contributed by atoms with Crippen molar-refractivity contribution < 1.29 is 19.4 Å². The summed E-state index contributed by atoms with van der Waals surface area (Å²) in [7, 11) is 1.25. The summed E-state index contributed by atoms with van der Waals surface area (Å²) >= 11 is 1.29. The second kappa shape index (κ2) is 6.32. The van der Waals surface area contributed by atoms with E-state index in [0.717, 1.165) is 4.90 Å². The second-order valence-electron chi connectivity index (χ2n) is 4.18. The Morgan fingerprint density at radius 1 is 1.14 bits per heavy atom. The van der Waals surface area contributed by atoms with Crippen molar-refractivity contribution in [2.24, 2.45) is 0 Å². The molecular formula is C15H13NO4S. The average Bonchev–Trinajstić information content (AvgIpc) is 2.49. The van der Waals surface area contributed by atoms with Crippen molar-refractivity contribution in [3.63, 3.8) is 0 Å². The van der Waals surface area contributed by atoms with Crippen molar-refractivity contribution in [1.29, 1.82) is 0 Å². The lowest BCUT2D eigenvalue weighted by atomic mass is 10.1. The minimum absolute atomic E-state index is 0.0553. The molecule has 0 heterocycles. The number of hydrogen-bond acceptors (Lipinski definition) is 5. The van der Waals surface area contributed by atoms with E-state index in [9.17, 15) is 14.7 Å². The van der Waals surface area contributed by atoms with Gasteiger partial charge in [0.15, 0.2) is 0 Å². The smallest absolute Gasteiger partial charge is 0.337 e. The van der Waals surface area contributed by atoms with Crippen LogP contribution < -0.4 is 5.73 Å². The number of carbonyl (C=O) groups excluding carboxylic acids is 1. The number of carboxylic acids is 1. The van der Waals surface area contributed by atoms with E-state index >= 15 is 0 Å². The Morgan fingerprint density at radius 3 is 2.38 bits per heavy atom. The summed E-state index contributed by atoms with van der Waals surface area (Å²) in [6.07, 6.45) is 0. The molecule has 0 amide bonds. The van der Waals surface area contributed by atoms with Gasteiger partial charge in [0.1, 0.15) is 0 Å². The molecule has 21 heavy (non-hydrogen) atoms. The average molecular weight is 303 g/mol. The zero-order valence-corrected chi connectivity index (χ0v) is 12.0. The van der Waals surface area contributed by atoms with Crippen LogP contribution in [0.3, 0.4) is 0 Å². The van der Waals surface area contributed by atoms with Crippen LogP contribution in [0.1, 0.15) is 20.7 Å². The molecule has 0 unspecified atom stereocenters. The predicted octanol–water partition coefficient (Wildman–Crippen LogP) is 2.90. The fourth-order valence-corrected chi connectivity index (χ4v) is 2.61. The Labute approximate surface area is 125 Å². The van der Waals surface area contributed by atoms with Crippen LogP contribution in [0.25, 0.3) is 0 Å². The van der Waals surface area contributed by atoms with Gasteiger partial charge >= 0.3 is 11.9 Å². The summed E-state index contributed by atoms with van der Waals surface area (Å²) in [5.41, 5.74) is 6.51. The van der Waals surface area contributed by atoms with Gasteiger partial charge in [-0.3, -0.25) is 0 Å². The van der Waals surface area contributed by atoms with Gasteiger partial charge in [-0.2, -0.15) is 0 Å². The highest BCUT2D eigenvalue weighted by Crippen LogP contribution is 2.31. The molecule has 0 aliphatic rings. The zero-order chi connectivity index (χ0) is 15.4. The fraction of sp³-hybridized carbons (Fsp3) is 0.0667. The Hall–Kier alpha value is -2.47. The molecule has 0 bridgehead atoms. The summed E-state index contributed by atoms with van der Waals surface area (Å²) in [5, 5.41) is 9.28. The topological polar surface area (TPSA) is 89.6 Å². The number of hydrogen-bond donors (Lipinski definition) is 2. The van der Waals surface area contributed by atoms with Crippen LogP contribution in [0, 0.1) is 0 Å². The first-order chi connectivity index (χ1) is 10.0. The molecule has 6 heteroatoms. The molecule has 2 rings (SSSR count). The van der Waals surface area contributed by atoms with Crippen LogP contribution in [0.4, 0.5) is 5.69 Å². The normalized spacial score (nSPS) is 10.1. The Morgan fingerprint density at radius 2 is 1.81 bits per heavy atom. The molecule has 0 saturated heterocycles. The molecule has 0 spiro atoms. The van der Waals surface area contributed by atoms with Crippen LogP contribution in [0.15, 0.2) is 52.3 Å². The van der Waals surface area contributed by atoms with E-state index in [-0.39, 0.29) is 11.1 Å². The van der Waals surface area contributed by atoms with Crippen molar-refractivity contribution >= 4 is 29.4 Å². The molecule has 0 saturated carbocycles. The Bertz CT molecular complexity index is 683. The first-order valence-corrected chi connectivity index (χ1v) is 6.82. The van der Waals surface area contributed by atoms with Crippen molar-refractivity contribution in [2.75, 3.05) is 12.8 Å². The molecule has 2 aromatic carbocycles. The van der Waals surface area contributed by atoms with Gasteiger partial charge in [0.2, 0.25) is 0 Å². The van der Waals surface area contributed by atoms with Crippen LogP contribution in [0.2, 0.25) is 0 Å². The third-order valence-electron chi connectivity index (χ3n) is 2.74. The number of esters is 1. The van der Waals surface area contributed by atoms with E-state index in [0.29, 0.717) is 10.6 Å². The molecule has 0 aliphatic carbocycles. The molecule has 2 aromatic rings. The van der Waals surface area contributed by atoms with Crippen molar-refractivity contribution in [3.8, 4) is 0 Å². The van der Waals surface area contributed by atoms with Gasteiger partial charge in [-0.25, -0.2) is 9.59 Å². The molecule has 108 valence electrons. The number of aromatic carboxylic acids is 1. The first kappa shape index (κ1) is 14.9. The minimum atomic E-state index is -1.10. The van der Waals surface area contributed by atoms with Crippen LogP contribution >= 0.6 is 11.8 Å². The lowest BCUT2D eigenvalue weighted by Gasteiger charge is -2.08. The summed E-state index contributed by atoms with van der Waals surface area (Å²) < 4.78 is 4.59. The van der Waals surface area contributed by atoms with Crippen molar-refractivity contribution in [2.45, 2.75) is 9.79 Å². The number of methoxy groups -OCH3 is 1. The number of rotatable bonds is 4. The number of ether oxygens (including phenoxy) is 1. The van der Waals surface area contributed by atoms with Crippen molar-refractivity contribution in [1.82, 2.24) is 0 Å². The highest BCUT2D eigenvalue weighted by Gasteiger charge is 2.15. The summed E-state index contributed by atoms with van der Waals surface area (Å²) in [5.74, 6) is -1.67. The largest absolute Gasteiger partial charge is 0.478 e. The van der Waals surface area contributed by atoms with Gasteiger partial charge in [0, 0.05) is 15.5 Å². The number of anilines is 1. The van der Waals surface area contributed by atoms with Gasteiger partial charge in [-0.05, 0) is 42.5 Å². The van der Waals surface area contributed by atoms with Gasteiger partial charge in [-0.15, -0.1) is 0 Å². The third-order valence-corrected chi connectivity index (χ3v) is 3.82. The van der Waals surface area contributed by atoms with E-state index in [1.807, 2.05) is 0 Å². The van der Waals surface area contributed by atoms with Crippen molar-refractivity contribution in [3.05, 3.63) is 53.6 Å². The van der Waals surface area contributed by atoms with E-state index in [1.54, 1.807) is 30.3 Å². The molecule has 0 aromatic heterocycles. The number of benzene rings is 2. The molecule has 0 atom stereocenters. The van der Waals surface area contributed by atoms with Crippen LogP contribution in [-0.2, 0) is 4.74 Å².